The third-order valence-corrected chi connectivity index (χ3v) is 8.49. The molecule has 2 aliphatic heterocycles. The van der Waals surface area contributed by atoms with Crippen molar-refractivity contribution in [3.8, 4) is 0 Å². The number of carboxylic acids is 1. The van der Waals surface area contributed by atoms with E-state index < -0.39 is 36.0 Å². The molecule has 3 N–H and O–H groups in total. The molecule has 2 atom stereocenters. The third-order valence-electron chi connectivity index (χ3n) is 7.91. The number of benzene rings is 2. The molecule has 224 valence electrons. The number of carbonyl (C=O) groups is 4. The highest BCUT2D eigenvalue weighted by atomic mass is 35.5. The summed E-state index contributed by atoms with van der Waals surface area (Å²) in [5.74, 6) is -2.30. The van der Waals surface area contributed by atoms with Gasteiger partial charge in [0, 0.05) is 30.5 Å². The predicted molar refractivity (Wildman–Crippen MR) is 160 cm³/mol. The molecule has 1 saturated carbocycles. The Morgan fingerprint density at radius 2 is 1.58 bits per heavy atom. The van der Waals surface area contributed by atoms with Gasteiger partial charge in [-0.3, -0.25) is 19.5 Å². The van der Waals surface area contributed by atoms with Gasteiger partial charge in [0.25, 0.3) is 5.91 Å². The molecule has 3 amide bonds. The Bertz CT molecular complexity index is 1480. The normalized spacial score (nSPS) is 19.8. The fraction of sp³-hybridized carbons (Fsp3) is 0.323. The number of pyridine rings is 1. The number of hydrogen-bond donors (Lipinski definition) is 3. The summed E-state index contributed by atoms with van der Waals surface area (Å²) in [6.45, 7) is 0.0821. The molecular formula is C31H30Cl2N4O6. The summed E-state index contributed by atoms with van der Waals surface area (Å²) in [7, 11) is 0. The first-order valence-electron chi connectivity index (χ1n) is 13.9. The zero-order valence-corrected chi connectivity index (χ0v) is 24.6. The molecule has 3 aromatic rings. The van der Waals surface area contributed by atoms with Gasteiger partial charge in [-0.25, -0.2) is 9.59 Å². The maximum atomic E-state index is 13.5. The molecule has 12 heteroatoms. The summed E-state index contributed by atoms with van der Waals surface area (Å²) in [4.78, 5) is 56.9. The lowest BCUT2D eigenvalue weighted by molar-refractivity contribution is -0.144. The van der Waals surface area contributed by atoms with E-state index in [2.05, 4.69) is 15.6 Å². The second-order valence-electron chi connectivity index (χ2n) is 10.7. The van der Waals surface area contributed by atoms with Crippen molar-refractivity contribution in [2.75, 3.05) is 5.32 Å². The van der Waals surface area contributed by atoms with Gasteiger partial charge in [0.2, 0.25) is 5.91 Å². The van der Waals surface area contributed by atoms with Crippen molar-refractivity contribution >= 4 is 52.8 Å². The molecule has 3 fully saturated rings. The van der Waals surface area contributed by atoms with E-state index in [9.17, 15) is 24.3 Å². The first-order valence-corrected chi connectivity index (χ1v) is 14.7. The Morgan fingerprint density at radius 1 is 0.930 bits per heavy atom. The van der Waals surface area contributed by atoms with Crippen molar-refractivity contribution in [2.24, 2.45) is 5.92 Å². The third kappa shape index (κ3) is 7.09. The lowest BCUT2D eigenvalue weighted by atomic mass is 9.74. The number of rotatable bonds is 9. The van der Waals surface area contributed by atoms with E-state index in [1.54, 1.807) is 24.3 Å². The molecule has 2 aromatic carbocycles. The zero-order chi connectivity index (χ0) is 30.5. The van der Waals surface area contributed by atoms with Gasteiger partial charge in [0.05, 0.1) is 15.6 Å². The van der Waals surface area contributed by atoms with E-state index in [1.807, 2.05) is 30.3 Å². The predicted octanol–water partition coefficient (Wildman–Crippen LogP) is 5.33. The van der Waals surface area contributed by atoms with Crippen LogP contribution < -0.4 is 10.6 Å². The number of aromatic nitrogens is 1. The van der Waals surface area contributed by atoms with Crippen LogP contribution in [0.3, 0.4) is 0 Å². The molecule has 1 aromatic heterocycles. The lowest BCUT2D eigenvalue weighted by Gasteiger charge is -2.49. The number of nitrogens with zero attached hydrogens (tertiary/aromatic N) is 2. The minimum absolute atomic E-state index is 0.00339. The molecule has 2 unspecified atom stereocenters. The van der Waals surface area contributed by atoms with E-state index in [1.165, 1.54) is 17.3 Å². The van der Waals surface area contributed by atoms with Crippen LogP contribution in [0.1, 0.15) is 47.2 Å². The Balaban J connectivity index is 1.23. The summed E-state index contributed by atoms with van der Waals surface area (Å²) in [5, 5.41) is 15.5. The van der Waals surface area contributed by atoms with Crippen LogP contribution in [0.5, 0.6) is 0 Å². The molecular weight excluding hydrogens is 595 g/mol. The number of halogens is 2. The van der Waals surface area contributed by atoms with E-state index >= 15 is 0 Å². The Labute approximate surface area is 258 Å². The highest BCUT2D eigenvalue weighted by Gasteiger charge is 2.48. The summed E-state index contributed by atoms with van der Waals surface area (Å²) in [6, 6.07) is 13.7. The first-order chi connectivity index (χ1) is 20.7. The first kappa shape index (κ1) is 30.3. The number of aliphatic carboxylic acids is 1. The Kier molecular flexibility index (Phi) is 9.47. The summed E-state index contributed by atoms with van der Waals surface area (Å²) in [5.41, 5.74) is 1.98. The Hall–Kier alpha value is -4.15. The second kappa shape index (κ2) is 13.4. The van der Waals surface area contributed by atoms with Gasteiger partial charge in [-0.2, -0.15) is 0 Å². The van der Waals surface area contributed by atoms with E-state index in [0.29, 0.717) is 11.3 Å². The molecule has 6 rings (SSSR count). The largest absolute Gasteiger partial charge is 0.480 e. The highest BCUT2D eigenvalue weighted by molar-refractivity contribution is 6.40. The fourth-order valence-electron chi connectivity index (χ4n) is 5.79. The van der Waals surface area contributed by atoms with E-state index in [4.69, 9.17) is 27.9 Å². The molecule has 0 radical (unpaired) electrons. The Morgan fingerprint density at radius 3 is 2.21 bits per heavy atom. The van der Waals surface area contributed by atoms with Crippen molar-refractivity contribution < 1.29 is 29.0 Å². The van der Waals surface area contributed by atoms with Gasteiger partial charge in [-0.05, 0) is 54.9 Å². The number of fused-ring (bicyclic) bond motifs is 3. The average molecular weight is 626 g/mol. The molecule has 0 spiro atoms. The van der Waals surface area contributed by atoms with Crippen LogP contribution in [0.15, 0.2) is 67.0 Å². The summed E-state index contributed by atoms with van der Waals surface area (Å²) < 4.78 is 5.57. The number of carbonyl (C=O) groups excluding carboxylic acids is 3. The minimum atomic E-state index is -1.23. The standard InChI is InChI=1S/C31H30Cl2N4O6/c32-23-15-34-16-24(33)26(23)28(38)35-21-10-6-18(7-11-21)14-25(30(40)41)36-29(39)27-20-8-12-22(13-9-20)37(27)31(42)43-17-19-4-2-1-3-5-19/h1-7,10-11,15-16,20,22,25,27H,8-9,12-14,17H2,(H,35,38)(H,36,39)(H,40,41). The van der Waals surface area contributed by atoms with Gasteiger partial charge in [0.1, 0.15) is 18.7 Å². The van der Waals surface area contributed by atoms with Crippen molar-refractivity contribution in [2.45, 2.75) is 56.8 Å². The molecule has 2 bridgehead atoms. The SMILES string of the molecule is O=C(Nc1ccc(CC(NC(=O)C2C3CCC(CC3)N2C(=O)OCc2ccccc2)C(=O)O)cc1)c1c(Cl)cncc1Cl. The maximum absolute atomic E-state index is 13.5. The summed E-state index contributed by atoms with van der Waals surface area (Å²) >= 11 is 12.1. The van der Waals surface area contributed by atoms with Crippen molar-refractivity contribution in [1.29, 1.82) is 0 Å². The monoisotopic (exact) mass is 624 g/mol. The van der Waals surface area contributed by atoms with Crippen molar-refractivity contribution in [3.63, 3.8) is 0 Å². The van der Waals surface area contributed by atoms with Gasteiger partial charge in [-0.1, -0.05) is 65.7 Å². The number of nitrogens with one attached hydrogen (secondary N) is 2. The number of hydrogen-bond acceptors (Lipinski definition) is 6. The number of ether oxygens (including phenoxy) is 1. The lowest BCUT2D eigenvalue weighted by Crippen LogP contribution is -2.64. The van der Waals surface area contributed by atoms with Gasteiger partial charge < -0.3 is 20.5 Å². The van der Waals surface area contributed by atoms with Crippen LogP contribution in [0, 0.1) is 5.92 Å². The molecule has 3 aliphatic rings. The van der Waals surface area contributed by atoms with Crippen LogP contribution in [0.2, 0.25) is 10.0 Å². The number of piperidine rings is 2. The van der Waals surface area contributed by atoms with Crippen molar-refractivity contribution in [1.82, 2.24) is 15.2 Å². The van der Waals surface area contributed by atoms with E-state index in [-0.39, 0.29) is 40.6 Å². The van der Waals surface area contributed by atoms with Crippen LogP contribution >= 0.6 is 23.2 Å². The molecule has 3 heterocycles. The molecule has 43 heavy (non-hydrogen) atoms. The average Bonchev–Trinajstić information content (AvgIpc) is 3.01. The van der Waals surface area contributed by atoms with Gasteiger partial charge in [-0.15, -0.1) is 0 Å². The molecule has 10 nitrogen and oxygen atoms in total. The van der Waals surface area contributed by atoms with Gasteiger partial charge in [0.15, 0.2) is 0 Å². The number of amides is 3. The smallest absolute Gasteiger partial charge is 0.411 e. The summed E-state index contributed by atoms with van der Waals surface area (Å²) in [6.07, 6.45) is 5.18. The van der Waals surface area contributed by atoms with Crippen LogP contribution in [-0.4, -0.2) is 57.0 Å². The quantitative estimate of drug-likeness (QED) is 0.292. The van der Waals surface area contributed by atoms with Crippen molar-refractivity contribution in [3.05, 3.63) is 93.7 Å². The number of anilines is 1. The fourth-order valence-corrected chi connectivity index (χ4v) is 6.32. The zero-order valence-electron chi connectivity index (χ0n) is 23.0. The van der Waals surface area contributed by atoms with E-state index in [0.717, 1.165) is 31.2 Å². The topological polar surface area (TPSA) is 138 Å². The van der Waals surface area contributed by atoms with Crippen LogP contribution in [0.4, 0.5) is 10.5 Å². The van der Waals surface area contributed by atoms with Crippen LogP contribution in [-0.2, 0) is 27.4 Å². The maximum Gasteiger partial charge on any atom is 0.411 e. The van der Waals surface area contributed by atoms with Crippen LogP contribution in [0.25, 0.3) is 0 Å². The molecule has 1 aliphatic carbocycles. The number of carboxylic acid groups (broad SMARTS) is 1. The second-order valence-corrected chi connectivity index (χ2v) is 11.5. The minimum Gasteiger partial charge on any atom is -0.480 e. The highest BCUT2D eigenvalue weighted by Crippen LogP contribution is 2.40. The van der Waals surface area contributed by atoms with Gasteiger partial charge >= 0.3 is 12.1 Å². The molecule has 2 saturated heterocycles.